The van der Waals surface area contributed by atoms with E-state index in [-0.39, 0.29) is 11.7 Å². The van der Waals surface area contributed by atoms with Gasteiger partial charge >= 0.3 is 0 Å². The Bertz CT molecular complexity index is 727. The van der Waals surface area contributed by atoms with E-state index in [9.17, 15) is 9.59 Å². The lowest BCUT2D eigenvalue weighted by Gasteiger charge is -2.09. The molecule has 24 heavy (non-hydrogen) atoms. The zero-order valence-electron chi connectivity index (χ0n) is 13.9. The fourth-order valence-corrected chi connectivity index (χ4v) is 2.99. The third kappa shape index (κ3) is 4.79. The summed E-state index contributed by atoms with van der Waals surface area (Å²) in [5.41, 5.74) is 0.641. The summed E-state index contributed by atoms with van der Waals surface area (Å²) >= 11 is 1.20. The number of methoxy groups -OCH3 is 1. The number of nitrogens with zero attached hydrogens (tertiary/aromatic N) is 1. The Balaban J connectivity index is 1.77. The predicted octanol–water partition coefficient (Wildman–Crippen LogP) is 3.46. The minimum atomic E-state index is -0.150. The Morgan fingerprint density at radius 2 is 1.96 bits per heavy atom. The molecule has 1 N–H and O–H groups in total. The van der Waals surface area contributed by atoms with E-state index in [4.69, 9.17) is 9.47 Å². The van der Waals surface area contributed by atoms with Gasteiger partial charge in [0, 0.05) is 13.3 Å². The molecule has 0 atom stereocenters. The first-order chi connectivity index (χ1) is 11.5. The number of rotatable bonds is 8. The summed E-state index contributed by atoms with van der Waals surface area (Å²) in [7, 11) is 1.58. The fourth-order valence-electron chi connectivity index (χ4n) is 2.11. The Hall–Kier alpha value is -2.41. The van der Waals surface area contributed by atoms with Crippen molar-refractivity contribution in [3.05, 3.63) is 34.8 Å². The van der Waals surface area contributed by atoms with Crippen molar-refractivity contribution in [2.24, 2.45) is 0 Å². The van der Waals surface area contributed by atoms with Gasteiger partial charge in [-0.3, -0.25) is 9.59 Å². The number of hydrogen-bond acceptors (Lipinski definition) is 6. The standard InChI is InChI=1S/C17H20N2O4S/c1-11-16(12(2)20)24-17(18-11)19-15(21)9-6-10-23-14-8-5-4-7-13(14)22-3/h4-5,7-8H,6,9-10H2,1-3H3,(H,18,19,21). The van der Waals surface area contributed by atoms with E-state index in [1.165, 1.54) is 18.3 Å². The molecule has 0 spiro atoms. The Kier molecular flexibility index (Phi) is 6.31. The first-order valence-corrected chi connectivity index (χ1v) is 8.37. The topological polar surface area (TPSA) is 77.5 Å². The van der Waals surface area contributed by atoms with Gasteiger partial charge in [0.05, 0.1) is 24.3 Å². The van der Waals surface area contributed by atoms with Gasteiger partial charge in [-0.05, 0) is 25.5 Å². The fraction of sp³-hybridized carbons (Fsp3) is 0.353. The second-order valence-corrected chi connectivity index (χ2v) is 6.14. The molecular weight excluding hydrogens is 328 g/mol. The molecule has 1 aromatic heterocycles. The summed E-state index contributed by atoms with van der Waals surface area (Å²) in [5, 5.41) is 3.17. The Morgan fingerprint density at radius 1 is 1.25 bits per heavy atom. The molecule has 1 aromatic carbocycles. The summed E-state index contributed by atoms with van der Waals surface area (Å²) in [6.07, 6.45) is 0.872. The van der Waals surface area contributed by atoms with Crippen LogP contribution >= 0.6 is 11.3 Å². The second kappa shape index (κ2) is 8.44. The lowest BCUT2D eigenvalue weighted by atomic mass is 10.3. The van der Waals surface area contributed by atoms with E-state index in [1.807, 2.05) is 24.3 Å². The Morgan fingerprint density at radius 3 is 2.58 bits per heavy atom. The maximum Gasteiger partial charge on any atom is 0.226 e. The molecule has 2 rings (SSSR count). The van der Waals surface area contributed by atoms with Crippen LogP contribution in [0.3, 0.4) is 0 Å². The van der Waals surface area contributed by atoms with E-state index in [0.717, 1.165) is 0 Å². The number of carbonyl (C=O) groups is 2. The molecule has 0 fully saturated rings. The molecule has 6 nitrogen and oxygen atoms in total. The summed E-state index contributed by atoms with van der Waals surface area (Å²) in [4.78, 5) is 28.1. The minimum absolute atomic E-state index is 0.0456. The minimum Gasteiger partial charge on any atom is -0.493 e. The lowest BCUT2D eigenvalue weighted by molar-refractivity contribution is -0.116. The van der Waals surface area contributed by atoms with Gasteiger partial charge in [-0.1, -0.05) is 23.5 Å². The van der Waals surface area contributed by atoms with Crippen molar-refractivity contribution in [2.75, 3.05) is 19.0 Å². The summed E-state index contributed by atoms with van der Waals surface area (Å²) in [6.45, 7) is 3.65. The molecule has 0 saturated heterocycles. The SMILES string of the molecule is COc1ccccc1OCCCC(=O)Nc1nc(C)c(C(C)=O)s1. The molecule has 0 bridgehead atoms. The number of nitrogens with one attached hydrogen (secondary N) is 1. The van der Waals surface area contributed by atoms with Gasteiger partial charge < -0.3 is 14.8 Å². The van der Waals surface area contributed by atoms with E-state index in [1.54, 1.807) is 14.0 Å². The maximum atomic E-state index is 11.9. The number of aryl methyl sites for hydroxylation is 1. The van der Waals surface area contributed by atoms with Crippen molar-refractivity contribution in [1.29, 1.82) is 0 Å². The molecule has 0 saturated carbocycles. The van der Waals surface area contributed by atoms with Gasteiger partial charge in [-0.15, -0.1) is 0 Å². The highest BCUT2D eigenvalue weighted by atomic mass is 32.1. The number of ketones is 1. The van der Waals surface area contributed by atoms with E-state index >= 15 is 0 Å². The molecular formula is C17H20N2O4S. The highest BCUT2D eigenvalue weighted by Crippen LogP contribution is 2.26. The number of anilines is 1. The van der Waals surface area contributed by atoms with Crippen LogP contribution < -0.4 is 14.8 Å². The first-order valence-electron chi connectivity index (χ1n) is 7.55. The molecule has 0 aliphatic rings. The zero-order chi connectivity index (χ0) is 17.5. The molecule has 0 radical (unpaired) electrons. The van der Waals surface area contributed by atoms with E-state index in [2.05, 4.69) is 10.3 Å². The van der Waals surface area contributed by atoms with Crippen molar-refractivity contribution < 1.29 is 19.1 Å². The third-order valence-electron chi connectivity index (χ3n) is 3.24. The molecule has 1 amide bonds. The van der Waals surface area contributed by atoms with Crippen LogP contribution in [0.15, 0.2) is 24.3 Å². The average molecular weight is 348 g/mol. The number of Topliss-reactive ketones (excluding diaryl/α,β-unsaturated/α-hetero) is 1. The molecule has 0 aliphatic heterocycles. The normalized spacial score (nSPS) is 10.3. The van der Waals surface area contributed by atoms with E-state index in [0.29, 0.717) is 46.7 Å². The van der Waals surface area contributed by atoms with Crippen LogP contribution in [0.4, 0.5) is 5.13 Å². The van der Waals surface area contributed by atoms with Crippen LogP contribution in [0.1, 0.15) is 35.1 Å². The lowest BCUT2D eigenvalue weighted by Crippen LogP contribution is -2.12. The van der Waals surface area contributed by atoms with Gasteiger partial charge in [0.25, 0.3) is 0 Å². The quantitative estimate of drug-likeness (QED) is 0.584. The molecule has 2 aromatic rings. The van der Waals surface area contributed by atoms with Gasteiger partial charge in [0.2, 0.25) is 5.91 Å². The highest BCUT2D eigenvalue weighted by molar-refractivity contribution is 7.17. The number of amides is 1. The monoisotopic (exact) mass is 348 g/mol. The average Bonchev–Trinajstić information content (AvgIpc) is 2.92. The van der Waals surface area contributed by atoms with Gasteiger partial charge in [0.15, 0.2) is 22.4 Å². The van der Waals surface area contributed by atoms with Crippen LogP contribution in [0.25, 0.3) is 0 Å². The van der Waals surface area contributed by atoms with Crippen molar-refractivity contribution in [1.82, 2.24) is 4.98 Å². The summed E-state index contributed by atoms with van der Waals surface area (Å²) in [6, 6.07) is 7.37. The van der Waals surface area contributed by atoms with Crippen molar-refractivity contribution in [3.63, 3.8) is 0 Å². The van der Waals surface area contributed by atoms with Crippen LogP contribution in [-0.2, 0) is 4.79 Å². The number of ether oxygens (including phenoxy) is 2. The van der Waals surface area contributed by atoms with Crippen molar-refractivity contribution in [3.8, 4) is 11.5 Å². The summed E-state index contributed by atoms with van der Waals surface area (Å²) in [5.74, 6) is 1.12. The van der Waals surface area contributed by atoms with Crippen LogP contribution in [-0.4, -0.2) is 30.4 Å². The molecule has 1 heterocycles. The Labute approximate surface area is 144 Å². The number of carbonyl (C=O) groups excluding carboxylic acids is 2. The molecule has 7 heteroatoms. The third-order valence-corrected chi connectivity index (χ3v) is 4.41. The predicted molar refractivity (Wildman–Crippen MR) is 93.2 cm³/mol. The highest BCUT2D eigenvalue weighted by Gasteiger charge is 2.13. The maximum absolute atomic E-state index is 11.9. The van der Waals surface area contributed by atoms with Gasteiger partial charge in [0.1, 0.15) is 0 Å². The number of aromatic nitrogens is 1. The molecule has 0 unspecified atom stereocenters. The van der Waals surface area contributed by atoms with Crippen molar-refractivity contribution in [2.45, 2.75) is 26.7 Å². The number of hydrogen-bond donors (Lipinski definition) is 1. The van der Waals surface area contributed by atoms with Crippen LogP contribution in [0, 0.1) is 6.92 Å². The molecule has 0 aliphatic carbocycles. The largest absolute Gasteiger partial charge is 0.493 e. The number of benzene rings is 1. The first kappa shape index (κ1) is 17.9. The number of para-hydroxylation sites is 2. The van der Waals surface area contributed by atoms with Crippen LogP contribution in [0.2, 0.25) is 0 Å². The van der Waals surface area contributed by atoms with Gasteiger partial charge in [-0.25, -0.2) is 4.98 Å². The second-order valence-electron chi connectivity index (χ2n) is 5.14. The van der Waals surface area contributed by atoms with Crippen LogP contribution in [0.5, 0.6) is 11.5 Å². The van der Waals surface area contributed by atoms with Gasteiger partial charge in [-0.2, -0.15) is 0 Å². The molecule has 128 valence electrons. The zero-order valence-corrected chi connectivity index (χ0v) is 14.7. The summed E-state index contributed by atoms with van der Waals surface area (Å²) < 4.78 is 10.8. The van der Waals surface area contributed by atoms with Crippen molar-refractivity contribution >= 4 is 28.2 Å². The van der Waals surface area contributed by atoms with E-state index < -0.39 is 0 Å². The number of thiazole rings is 1. The smallest absolute Gasteiger partial charge is 0.226 e.